The number of aromatic nitrogens is 1. The second kappa shape index (κ2) is 10.2. The number of rotatable bonds is 5. The molecule has 2 aliphatic heterocycles. The van der Waals surface area contributed by atoms with Crippen LogP contribution in [0.2, 0.25) is 0 Å². The van der Waals surface area contributed by atoms with Gasteiger partial charge in [0.25, 0.3) is 5.91 Å². The number of carbonyl (C=O) groups is 1. The number of alkyl halides is 3. The van der Waals surface area contributed by atoms with Crippen molar-refractivity contribution in [2.45, 2.75) is 13.1 Å². The number of carbonyl (C=O) groups excluding carboxylic acids is 1. The normalized spacial score (nSPS) is 15.3. The zero-order valence-corrected chi connectivity index (χ0v) is 20.0. The van der Waals surface area contributed by atoms with Crippen LogP contribution in [0.5, 0.6) is 17.2 Å². The van der Waals surface area contributed by atoms with E-state index in [0.717, 1.165) is 17.7 Å². The average molecular weight is 515 g/mol. The Kier molecular flexibility index (Phi) is 6.79. The maximum Gasteiger partial charge on any atom is 0.416 e. The number of morpholine rings is 1. The summed E-state index contributed by atoms with van der Waals surface area (Å²) in [6.07, 6.45) is -2.98. The van der Waals surface area contributed by atoms with E-state index in [1.807, 2.05) is 6.92 Å². The van der Waals surface area contributed by atoms with Crippen LogP contribution in [0.1, 0.15) is 21.5 Å². The van der Waals surface area contributed by atoms with Crippen molar-refractivity contribution in [3.63, 3.8) is 0 Å². The highest BCUT2D eigenvalue weighted by Crippen LogP contribution is 2.39. The van der Waals surface area contributed by atoms with Crippen LogP contribution in [0.15, 0.2) is 48.7 Å². The molecule has 0 unspecified atom stereocenters. The Bertz CT molecular complexity index is 1310. The van der Waals surface area contributed by atoms with E-state index < -0.39 is 17.6 Å². The Balaban J connectivity index is 1.40. The van der Waals surface area contributed by atoms with Crippen LogP contribution < -0.4 is 25.0 Å². The van der Waals surface area contributed by atoms with Crippen LogP contribution in [0.4, 0.5) is 30.4 Å². The molecular formula is C26H25F3N4O4. The first-order valence-corrected chi connectivity index (χ1v) is 11.8. The molecular weight excluding hydrogens is 489 g/mol. The first-order valence-electron chi connectivity index (χ1n) is 11.8. The minimum Gasteiger partial charge on any atom is -0.485 e. The van der Waals surface area contributed by atoms with E-state index in [0.29, 0.717) is 68.2 Å². The second-order valence-electron chi connectivity index (χ2n) is 8.66. The summed E-state index contributed by atoms with van der Waals surface area (Å²) < 4.78 is 57.9. The molecule has 0 aliphatic carbocycles. The molecule has 8 nitrogen and oxygen atoms in total. The number of anilines is 3. The van der Waals surface area contributed by atoms with Crippen molar-refractivity contribution in [1.29, 1.82) is 0 Å². The summed E-state index contributed by atoms with van der Waals surface area (Å²) in [5, 5.41) is 5.75. The van der Waals surface area contributed by atoms with Gasteiger partial charge < -0.3 is 29.7 Å². The summed E-state index contributed by atoms with van der Waals surface area (Å²) in [7, 11) is 0. The highest BCUT2D eigenvalue weighted by atomic mass is 19.4. The molecule has 2 aromatic carbocycles. The van der Waals surface area contributed by atoms with Crippen molar-refractivity contribution in [2.75, 3.05) is 55.0 Å². The number of amides is 1. The molecule has 3 heterocycles. The minimum absolute atomic E-state index is 0.0482. The van der Waals surface area contributed by atoms with Crippen molar-refractivity contribution in [1.82, 2.24) is 4.98 Å². The molecule has 3 aromatic rings. The number of pyridine rings is 1. The number of hydrogen-bond acceptors (Lipinski definition) is 7. The molecule has 0 atom stereocenters. The first kappa shape index (κ1) is 24.7. The largest absolute Gasteiger partial charge is 0.485 e. The van der Waals surface area contributed by atoms with E-state index in [9.17, 15) is 18.0 Å². The van der Waals surface area contributed by atoms with Gasteiger partial charge in [-0.1, -0.05) is 6.07 Å². The molecule has 2 N–H and O–H groups in total. The zero-order chi connectivity index (χ0) is 26.0. The number of aryl methyl sites for hydroxylation is 1. The van der Waals surface area contributed by atoms with Gasteiger partial charge in [0.05, 0.1) is 25.3 Å². The van der Waals surface area contributed by atoms with E-state index in [4.69, 9.17) is 14.2 Å². The Labute approximate surface area is 211 Å². The van der Waals surface area contributed by atoms with Gasteiger partial charge in [0.15, 0.2) is 11.6 Å². The van der Waals surface area contributed by atoms with Crippen LogP contribution in [0.3, 0.4) is 0 Å². The monoisotopic (exact) mass is 514 g/mol. The van der Waals surface area contributed by atoms with Gasteiger partial charge >= 0.3 is 6.18 Å². The van der Waals surface area contributed by atoms with Crippen molar-refractivity contribution in [3.8, 4) is 17.2 Å². The van der Waals surface area contributed by atoms with Gasteiger partial charge in [0, 0.05) is 42.3 Å². The lowest BCUT2D eigenvalue weighted by molar-refractivity contribution is -0.137. The average Bonchev–Trinajstić information content (AvgIpc) is 2.90. The predicted molar refractivity (Wildman–Crippen MR) is 132 cm³/mol. The molecule has 2 aliphatic rings. The molecule has 37 heavy (non-hydrogen) atoms. The number of halogens is 3. The molecule has 1 fully saturated rings. The van der Waals surface area contributed by atoms with E-state index >= 15 is 0 Å². The van der Waals surface area contributed by atoms with Gasteiger partial charge in [-0.05, 0) is 42.8 Å². The number of nitrogens with zero attached hydrogens (tertiary/aromatic N) is 2. The van der Waals surface area contributed by atoms with E-state index in [2.05, 4.69) is 15.6 Å². The van der Waals surface area contributed by atoms with Gasteiger partial charge in [-0.2, -0.15) is 13.2 Å². The minimum atomic E-state index is -4.56. The number of hydrogen-bond donors (Lipinski definition) is 2. The smallest absolute Gasteiger partial charge is 0.416 e. The standard InChI is InChI=1S/C26H25F3N4O4/c1-16-2-3-17(12-22(16)37-21-4-5-30-24-23(21)36-9-6-31-24)25(34)32-19-13-18(26(27,28)29)14-20(15-19)33-7-10-35-11-8-33/h2-5,12-15H,6-11H2,1H3,(H,30,31)(H,32,34). The molecule has 0 bridgehead atoms. The molecule has 1 saturated heterocycles. The predicted octanol–water partition coefficient (Wildman–Crippen LogP) is 5.09. The van der Waals surface area contributed by atoms with Crippen LogP contribution >= 0.6 is 0 Å². The van der Waals surface area contributed by atoms with Gasteiger partial charge in [-0.25, -0.2) is 4.98 Å². The lowest BCUT2D eigenvalue weighted by Crippen LogP contribution is -2.36. The van der Waals surface area contributed by atoms with Gasteiger partial charge in [0.2, 0.25) is 5.75 Å². The Morgan fingerprint density at radius 3 is 2.68 bits per heavy atom. The SMILES string of the molecule is Cc1ccc(C(=O)Nc2cc(N3CCOCC3)cc(C(F)(F)F)c2)cc1Oc1ccnc2c1OCCN2. The second-order valence-corrected chi connectivity index (χ2v) is 8.66. The molecule has 1 aromatic heterocycles. The van der Waals surface area contributed by atoms with Crippen LogP contribution in [0, 0.1) is 6.92 Å². The highest BCUT2D eigenvalue weighted by molar-refractivity contribution is 6.05. The fourth-order valence-corrected chi connectivity index (χ4v) is 4.12. The molecule has 11 heteroatoms. The molecule has 0 spiro atoms. The van der Waals surface area contributed by atoms with Crippen LogP contribution in [-0.2, 0) is 10.9 Å². The summed E-state index contributed by atoms with van der Waals surface area (Å²) in [4.78, 5) is 19.1. The topological polar surface area (TPSA) is 85.0 Å². The Hall–Kier alpha value is -3.99. The lowest BCUT2D eigenvalue weighted by Gasteiger charge is -2.29. The maximum atomic E-state index is 13.6. The summed E-state index contributed by atoms with van der Waals surface area (Å²) in [5.74, 6) is 1.32. The zero-order valence-electron chi connectivity index (χ0n) is 20.0. The first-order chi connectivity index (χ1) is 17.8. The molecule has 194 valence electrons. The summed E-state index contributed by atoms with van der Waals surface area (Å²) in [6.45, 7) is 4.68. The van der Waals surface area contributed by atoms with Crippen LogP contribution in [-0.4, -0.2) is 50.3 Å². The van der Waals surface area contributed by atoms with E-state index in [-0.39, 0.29) is 11.3 Å². The van der Waals surface area contributed by atoms with Crippen molar-refractivity contribution in [3.05, 3.63) is 65.4 Å². The lowest BCUT2D eigenvalue weighted by atomic mass is 10.1. The van der Waals surface area contributed by atoms with Gasteiger partial charge in [-0.15, -0.1) is 0 Å². The molecule has 0 saturated carbocycles. The third-order valence-corrected chi connectivity index (χ3v) is 6.06. The Morgan fingerprint density at radius 1 is 1.08 bits per heavy atom. The number of nitrogens with one attached hydrogen (secondary N) is 2. The summed E-state index contributed by atoms with van der Waals surface area (Å²) >= 11 is 0. The molecule has 5 rings (SSSR count). The van der Waals surface area contributed by atoms with Crippen molar-refractivity contribution >= 4 is 23.1 Å². The highest BCUT2D eigenvalue weighted by Gasteiger charge is 2.32. The van der Waals surface area contributed by atoms with Crippen molar-refractivity contribution in [2.24, 2.45) is 0 Å². The van der Waals surface area contributed by atoms with E-state index in [1.165, 1.54) is 6.07 Å². The van der Waals surface area contributed by atoms with Crippen molar-refractivity contribution < 1.29 is 32.2 Å². The van der Waals surface area contributed by atoms with Gasteiger partial charge in [0.1, 0.15) is 12.4 Å². The quantitative estimate of drug-likeness (QED) is 0.490. The third-order valence-electron chi connectivity index (χ3n) is 6.06. The Morgan fingerprint density at radius 2 is 1.89 bits per heavy atom. The summed E-state index contributed by atoms with van der Waals surface area (Å²) in [5.41, 5.74) is 0.577. The number of benzene rings is 2. The van der Waals surface area contributed by atoms with Crippen LogP contribution in [0.25, 0.3) is 0 Å². The number of fused-ring (bicyclic) bond motifs is 1. The molecule has 1 amide bonds. The maximum absolute atomic E-state index is 13.6. The third kappa shape index (κ3) is 5.56. The fraction of sp³-hybridized carbons (Fsp3) is 0.308. The molecule has 0 radical (unpaired) electrons. The van der Waals surface area contributed by atoms with Gasteiger partial charge in [-0.3, -0.25) is 4.79 Å². The fourth-order valence-electron chi connectivity index (χ4n) is 4.12. The van der Waals surface area contributed by atoms with E-state index in [1.54, 1.807) is 35.4 Å². The summed E-state index contributed by atoms with van der Waals surface area (Å²) in [6, 6.07) is 10.1. The number of ether oxygens (including phenoxy) is 3.